The number of hydrogen-bond acceptors (Lipinski definition) is 4. The van der Waals surface area contributed by atoms with Crippen LogP contribution in [0.2, 0.25) is 0 Å². The maximum absolute atomic E-state index is 11.9. The maximum Gasteiger partial charge on any atom is 0.328 e. The maximum atomic E-state index is 11.9. The lowest BCUT2D eigenvalue weighted by Gasteiger charge is -2.24. The molecule has 7 heteroatoms. The van der Waals surface area contributed by atoms with Crippen molar-refractivity contribution in [3.05, 3.63) is 29.5 Å². The van der Waals surface area contributed by atoms with Crippen molar-refractivity contribution in [2.45, 2.75) is 19.4 Å². The molecule has 2 rings (SSSR count). The van der Waals surface area contributed by atoms with Crippen molar-refractivity contribution >= 4 is 33.8 Å². The van der Waals surface area contributed by atoms with Crippen LogP contribution in [0.1, 0.15) is 11.1 Å². The summed E-state index contributed by atoms with van der Waals surface area (Å²) >= 11 is 5.49. The number of likely N-dealkylation sites (N-methyl/N-ethyl adjacent to an activating group) is 1. The SMILES string of the molecule is COC(=O)[C@@H](Cc1cc(C)c2c(cnn2C)c1)N(C)C(=O)Cl. The minimum atomic E-state index is -0.761. The number of fused-ring (bicyclic) bond motifs is 1. The van der Waals surface area contributed by atoms with Crippen molar-refractivity contribution in [3.63, 3.8) is 0 Å². The van der Waals surface area contributed by atoms with E-state index in [1.54, 1.807) is 10.9 Å². The van der Waals surface area contributed by atoms with Gasteiger partial charge in [-0.05, 0) is 35.7 Å². The molecular weight excluding hydrogens is 306 g/mol. The Balaban J connectivity index is 2.37. The summed E-state index contributed by atoms with van der Waals surface area (Å²) < 4.78 is 6.58. The van der Waals surface area contributed by atoms with Gasteiger partial charge in [0.15, 0.2) is 0 Å². The van der Waals surface area contributed by atoms with Crippen LogP contribution in [0.25, 0.3) is 10.9 Å². The lowest BCUT2D eigenvalue weighted by molar-refractivity contribution is -0.145. The summed E-state index contributed by atoms with van der Waals surface area (Å²) in [6.07, 6.45) is 2.10. The van der Waals surface area contributed by atoms with E-state index in [2.05, 4.69) is 5.10 Å². The summed E-state index contributed by atoms with van der Waals surface area (Å²) in [7, 11) is 4.65. The Labute approximate surface area is 133 Å². The molecular formula is C15H18ClN3O3. The minimum absolute atomic E-state index is 0.327. The molecule has 1 aromatic carbocycles. The molecule has 6 nitrogen and oxygen atoms in total. The molecule has 0 aliphatic rings. The molecule has 0 radical (unpaired) electrons. The van der Waals surface area contributed by atoms with Gasteiger partial charge in [0.2, 0.25) is 0 Å². The van der Waals surface area contributed by atoms with Crippen LogP contribution in [0, 0.1) is 6.92 Å². The Morgan fingerprint density at radius 1 is 1.45 bits per heavy atom. The second-order valence-electron chi connectivity index (χ2n) is 5.23. The van der Waals surface area contributed by atoms with Gasteiger partial charge in [0.25, 0.3) is 0 Å². The van der Waals surface area contributed by atoms with Crippen LogP contribution in [0.4, 0.5) is 4.79 Å². The number of nitrogens with zero attached hydrogens (tertiary/aromatic N) is 3. The molecule has 0 fully saturated rings. The van der Waals surface area contributed by atoms with Crippen molar-refractivity contribution < 1.29 is 14.3 Å². The van der Waals surface area contributed by atoms with Crippen LogP contribution < -0.4 is 0 Å². The largest absolute Gasteiger partial charge is 0.467 e. The first-order valence-corrected chi connectivity index (χ1v) is 7.14. The van der Waals surface area contributed by atoms with Gasteiger partial charge >= 0.3 is 11.3 Å². The van der Waals surface area contributed by atoms with Gasteiger partial charge in [0.05, 0.1) is 18.8 Å². The molecule has 1 heterocycles. The lowest BCUT2D eigenvalue weighted by Crippen LogP contribution is -2.42. The highest BCUT2D eigenvalue weighted by Crippen LogP contribution is 2.22. The van der Waals surface area contributed by atoms with Gasteiger partial charge < -0.3 is 9.64 Å². The summed E-state index contributed by atoms with van der Waals surface area (Å²) in [5.74, 6) is -0.500. The van der Waals surface area contributed by atoms with E-state index in [9.17, 15) is 9.59 Å². The molecule has 0 N–H and O–H groups in total. The van der Waals surface area contributed by atoms with Gasteiger partial charge in [-0.25, -0.2) is 4.79 Å². The zero-order valence-corrected chi connectivity index (χ0v) is 13.7. The molecule has 0 saturated heterocycles. The highest BCUT2D eigenvalue weighted by atomic mass is 35.5. The predicted octanol–water partition coefficient (Wildman–Crippen LogP) is 2.26. The number of aromatic nitrogens is 2. The number of aryl methyl sites for hydroxylation is 2. The van der Waals surface area contributed by atoms with Gasteiger partial charge in [-0.2, -0.15) is 5.10 Å². The number of methoxy groups -OCH3 is 1. The molecule has 0 spiro atoms. The Kier molecular flexibility index (Phi) is 4.71. The number of hydrogen-bond donors (Lipinski definition) is 0. The Morgan fingerprint density at radius 3 is 2.73 bits per heavy atom. The second kappa shape index (κ2) is 6.36. The van der Waals surface area contributed by atoms with Gasteiger partial charge in [-0.15, -0.1) is 0 Å². The Morgan fingerprint density at radius 2 is 2.14 bits per heavy atom. The first-order valence-electron chi connectivity index (χ1n) is 6.76. The highest BCUT2D eigenvalue weighted by molar-refractivity contribution is 6.62. The van der Waals surface area contributed by atoms with E-state index in [0.717, 1.165) is 22.0 Å². The number of ether oxygens (including phenoxy) is 1. The minimum Gasteiger partial charge on any atom is -0.467 e. The Bertz CT molecular complexity index is 726. The summed E-state index contributed by atoms with van der Waals surface area (Å²) in [6, 6.07) is 3.17. The van der Waals surface area contributed by atoms with Crippen LogP contribution in [-0.2, 0) is 23.0 Å². The average Bonchev–Trinajstić information content (AvgIpc) is 2.85. The number of esters is 1. The van der Waals surface area contributed by atoms with Gasteiger partial charge in [0, 0.05) is 25.9 Å². The van der Waals surface area contributed by atoms with E-state index >= 15 is 0 Å². The van der Waals surface area contributed by atoms with E-state index in [1.165, 1.54) is 19.1 Å². The van der Waals surface area contributed by atoms with Gasteiger partial charge in [0.1, 0.15) is 6.04 Å². The molecule has 22 heavy (non-hydrogen) atoms. The van der Waals surface area contributed by atoms with Crippen molar-refractivity contribution in [1.29, 1.82) is 0 Å². The van der Waals surface area contributed by atoms with E-state index in [1.807, 2.05) is 26.1 Å². The number of benzene rings is 1. The summed E-state index contributed by atoms with van der Waals surface area (Å²) in [5, 5.41) is 4.52. The van der Waals surface area contributed by atoms with Crippen molar-refractivity contribution in [2.24, 2.45) is 7.05 Å². The molecule has 0 unspecified atom stereocenters. The zero-order valence-electron chi connectivity index (χ0n) is 13.0. The molecule has 1 atom stereocenters. The normalized spacial score (nSPS) is 12.2. The smallest absolute Gasteiger partial charge is 0.328 e. The van der Waals surface area contributed by atoms with E-state index < -0.39 is 17.4 Å². The molecule has 0 bridgehead atoms. The third kappa shape index (κ3) is 3.06. The van der Waals surface area contributed by atoms with Crippen molar-refractivity contribution in [2.75, 3.05) is 14.2 Å². The lowest BCUT2D eigenvalue weighted by atomic mass is 10.0. The fraction of sp³-hybridized carbons (Fsp3) is 0.400. The molecule has 0 saturated carbocycles. The number of carbonyl (C=O) groups excluding carboxylic acids is 2. The second-order valence-corrected chi connectivity index (χ2v) is 5.55. The van der Waals surface area contributed by atoms with Crippen LogP contribution in [0.3, 0.4) is 0 Å². The molecule has 118 valence electrons. The van der Waals surface area contributed by atoms with Crippen LogP contribution in [0.5, 0.6) is 0 Å². The molecule has 0 aliphatic carbocycles. The van der Waals surface area contributed by atoms with Gasteiger partial charge in [-0.1, -0.05) is 6.07 Å². The fourth-order valence-corrected chi connectivity index (χ4v) is 2.73. The number of rotatable bonds is 4. The predicted molar refractivity (Wildman–Crippen MR) is 84.0 cm³/mol. The molecule has 1 aromatic heterocycles. The molecule has 2 aromatic rings. The average molecular weight is 324 g/mol. The third-order valence-corrected chi connectivity index (χ3v) is 4.00. The molecule has 0 aliphatic heterocycles. The Hall–Kier alpha value is -2.08. The van der Waals surface area contributed by atoms with E-state index in [4.69, 9.17) is 16.3 Å². The number of carbonyl (C=O) groups is 2. The van der Waals surface area contributed by atoms with Crippen LogP contribution in [0.15, 0.2) is 18.3 Å². The highest BCUT2D eigenvalue weighted by Gasteiger charge is 2.27. The van der Waals surface area contributed by atoms with E-state index in [0.29, 0.717) is 6.42 Å². The third-order valence-electron chi connectivity index (χ3n) is 3.73. The first kappa shape index (κ1) is 16.3. The summed E-state index contributed by atoms with van der Waals surface area (Å²) in [6.45, 7) is 1.98. The van der Waals surface area contributed by atoms with Crippen LogP contribution in [-0.4, -0.2) is 46.2 Å². The van der Waals surface area contributed by atoms with E-state index in [-0.39, 0.29) is 0 Å². The van der Waals surface area contributed by atoms with Crippen molar-refractivity contribution in [3.8, 4) is 0 Å². The molecule has 1 amide bonds. The number of halogens is 1. The summed E-state index contributed by atoms with van der Waals surface area (Å²) in [5.41, 5.74) is 3.01. The standard InChI is InChI=1S/C15H18ClN3O3/c1-9-5-10(6-11-8-17-19(3)13(9)11)7-12(14(20)22-4)18(2)15(16)21/h5-6,8,12H,7H2,1-4H3/t12-/m1/s1. The zero-order chi connectivity index (χ0) is 16.4. The number of amides is 1. The topological polar surface area (TPSA) is 64.4 Å². The summed E-state index contributed by atoms with van der Waals surface area (Å²) in [4.78, 5) is 24.4. The fourth-order valence-electron chi connectivity index (χ4n) is 2.61. The monoisotopic (exact) mass is 323 g/mol. The quantitative estimate of drug-likeness (QED) is 0.492. The van der Waals surface area contributed by atoms with Crippen LogP contribution >= 0.6 is 11.6 Å². The van der Waals surface area contributed by atoms with Gasteiger partial charge in [-0.3, -0.25) is 9.48 Å². The first-order chi connectivity index (χ1) is 10.3. The van der Waals surface area contributed by atoms with Crippen molar-refractivity contribution in [1.82, 2.24) is 14.7 Å².